The Morgan fingerprint density at radius 3 is 2.79 bits per heavy atom. The van der Waals surface area contributed by atoms with Crippen LogP contribution in [0.15, 0.2) is 24.3 Å². The molecule has 3 N–H and O–H groups in total. The molecule has 1 unspecified atom stereocenters. The van der Waals surface area contributed by atoms with E-state index in [9.17, 15) is 0 Å². The van der Waals surface area contributed by atoms with Gasteiger partial charge in [0.25, 0.3) is 0 Å². The molecule has 0 amide bonds. The molecule has 0 saturated heterocycles. The van der Waals surface area contributed by atoms with E-state index in [0.717, 1.165) is 29.4 Å². The molecule has 0 aliphatic rings. The highest BCUT2D eigenvalue weighted by Gasteiger charge is 2.11. The van der Waals surface area contributed by atoms with Crippen molar-refractivity contribution >= 4 is 17.0 Å². The van der Waals surface area contributed by atoms with Gasteiger partial charge >= 0.3 is 0 Å². The second-order valence-corrected chi connectivity index (χ2v) is 6.09. The van der Waals surface area contributed by atoms with E-state index in [1.165, 1.54) is 10.4 Å². The van der Waals surface area contributed by atoms with Gasteiger partial charge in [-0.25, -0.2) is 4.98 Å². The third kappa shape index (κ3) is 3.78. The van der Waals surface area contributed by atoms with E-state index in [1.807, 2.05) is 18.2 Å². The number of rotatable bonds is 5. The Bertz CT molecular complexity index is 548. The maximum Gasteiger partial charge on any atom is 0.0900 e. The van der Waals surface area contributed by atoms with E-state index >= 15 is 0 Å². The van der Waals surface area contributed by atoms with Crippen LogP contribution in [0.25, 0.3) is 0 Å². The minimum absolute atomic E-state index is 0.354. The van der Waals surface area contributed by atoms with Crippen molar-refractivity contribution in [2.24, 2.45) is 0 Å². The molecule has 1 atom stereocenters. The number of benzene rings is 1. The lowest BCUT2D eigenvalue weighted by Crippen LogP contribution is -2.21. The number of nitrogen functional groups attached to an aromatic ring is 1. The molecule has 1 aromatic heterocycles. The molecule has 0 aliphatic carbocycles. The van der Waals surface area contributed by atoms with Crippen LogP contribution in [-0.2, 0) is 6.42 Å². The van der Waals surface area contributed by atoms with Gasteiger partial charge < -0.3 is 11.1 Å². The Morgan fingerprint density at radius 1 is 1.37 bits per heavy atom. The van der Waals surface area contributed by atoms with Crippen molar-refractivity contribution in [2.45, 2.75) is 33.2 Å². The van der Waals surface area contributed by atoms with Crippen molar-refractivity contribution in [3.8, 4) is 0 Å². The zero-order valence-electron chi connectivity index (χ0n) is 11.7. The topological polar surface area (TPSA) is 50.9 Å². The van der Waals surface area contributed by atoms with Crippen molar-refractivity contribution in [1.29, 1.82) is 0 Å². The van der Waals surface area contributed by atoms with E-state index < -0.39 is 0 Å². The van der Waals surface area contributed by atoms with Crippen LogP contribution >= 0.6 is 11.3 Å². The van der Waals surface area contributed by atoms with Crippen LogP contribution in [0.3, 0.4) is 0 Å². The van der Waals surface area contributed by atoms with Gasteiger partial charge in [-0.1, -0.05) is 12.1 Å². The first-order chi connectivity index (χ1) is 9.06. The van der Waals surface area contributed by atoms with E-state index in [2.05, 4.69) is 37.1 Å². The lowest BCUT2D eigenvalue weighted by Gasteiger charge is -2.12. The fraction of sp³-hybridized carbons (Fsp3) is 0.400. The van der Waals surface area contributed by atoms with Crippen LogP contribution in [0, 0.1) is 13.8 Å². The molecular formula is C15H21N3S. The summed E-state index contributed by atoms with van der Waals surface area (Å²) in [5.74, 6) is 0. The Labute approximate surface area is 118 Å². The first-order valence-corrected chi connectivity index (χ1v) is 7.39. The molecule has 2 aromatic rings. The Morgan fingerprint density at radius 2 is 2.16 bits per heavy atom. The minimum atomic E-state index is 0.354. The number of nitrogens with zero attached hydrogens (tertiary/aromatic N) is 1. The van der Waals surface area contributed by atoms with Gasteiger partial charge in [-0.3, -0.25) is 0 Å². The molecule has 0 saturated carbocycles. The average Bonchev–Trinajstić information content (AvgIpc) is 2.68. The van der Waals surface area contributed by atoms with E-state index in [-0.39, 0.29) is 0 Å². The zero-order chi connectivity index (χ0) is 13.8. The van der Waals surface area contributed by atoms with Gasteiger partial charge in [0, 0.05) is 16.6 Å². The summed E-state index contributed by atoms with van der Waals surface area (Å²) in [5, 5.41) is 4.69. The van der Waals surface area contributed by atoms with Crippen LogP contribution < -0.4 is 11.1 Å². The predicted molar refractivity (Wildman–Crippen MR) is 82.6 cm³/mol. The lowest BCUT2D eigenvalue weighted by molar-refractivity contribution is 0.581. The molecule has 2 rings (SSSR count). The van der Waals surface area contributed by atoms with E-state index in [1.54, 1.807) is 11.3 Å². The molecule has 0 bridgehead atoms. The average molecular weight is 275 g/mol. The van der Waals surface area contributed by atoms with Gasteiger partial charge in [0.15, 0.2) is 0 Å². The van der Waals surface area contributed by atoms with Gasteiger partial charge in [0.2, 0.25) is 0 Å². The molecule has 0 radical (unpaired) electrons. The third-order valence-corrected chi connectivity index (χ3v) is 4.40. The normalized spacial score (nSPS) is 12.6. The number of thiazole rings is 1. The maximum absolute atomic E-state index is 5.78. The fourth-order valence-electron chi connectivity index (χ4n) is 2.22. The lowest BCUT2D eigenvalue weighted by atomic mass is 10.1. The fourth-order valence-corrected chi connectivity index (χ4v) is 3.18. The second kappa shape index (κ2) is 6.17. The summed E-state index contributed by atoms with van der Waals surface area (Å²) in [6.07, 6.45) is 0.992. The summed E-state index contributed by atoms with van der Waals surface area (Å²) >= 11 is 1.78. The highest BCUT2D eigenvalue weighted by Crippen LogP contribution is 2.24. The summed E-state index contributed by atoms with van der Waals surface area (Å²) in [6, 6.07) is 8.43. The molecule has 0 spiro atoms. The van der Waals surface area contributed by atoms with E-state index in [4.69, 9.17) is 5.73 Å². The SMILES string of the molecule is Cc1nc(C)c(C(C)NCCc2cccc(N)c2)s1. The summed E-state index contributed by atoms with van der Waals surface area (Å²) in [5.41, 5.74) is 9.03. The highest BCUT2D eigenvalue weighted by molar-refractivity contribution is 7.11. The Hall–Kier alpha value is -1.39. The molecule has 4 heteroatoms. The van der Waals surface area contributed by atoms with Crippen molar-refractivity contribution in [2.75, 3.05) is 12.3 Å². The van der Waals surface area contributed by atoms with Crippen molar-refractivity contribution in [1.82, 2.24) is 10.3 Å². The number of nitrogens with two attached hydrogens (primary N) is 1. The first kappa shape index (κ1) is 14.0. The second-order valence-electron chi connectivity index (χ2n) is 4.85. The molecule has 1 aromatic carbocycles. The molecular weight excluding hydrogens is 254 g/mol. The quantitative estimate of drug-likeness (QED) is 0.824. The molecule has 3 nitrogen and oxygen atoms in total. The minimum Gasteiger partial charge on any atom is -0.399 e. The first-order valence-electron chi connectivity index (χ1n) is 6.58. The van der Waals surface area contributed by atoms with Crippen LogP contribution in [0.2, 0.25) is 0 Å². The van der Waals surface area contributed by atoms with Crippen molar-refractivity contribution < 1.29 is 0 Å². The van der Waals surface area contributed by atoms with Crippen molar-refractivity contribution in [3.05, 3.63) is 45.4 Å². The summed E-state index contributed by atoms with van der Waals surface area (Å²) in [7, 11) is 0. The molecule has 0 aliphatic heterocycles. The number of hydrogen-bond acceptors (Lipinski definition) is 4. The number of aromatic nitrogens is 1. The molecule has 0 fully saturated rings. The van der Waals surface area contributed by atoms with Gasteiger partial charge in [-0.15, -0.1) is 11.3 Å². The smallest absolute Gasteiger partial charge is 0.0900 e. The molecule has 102 valence electrons. The van der Waals surface area contributed by atoms with Gasteiger partial charge in [-0.05, 0) is 51.4 Å². The van der Waals surface area contributed by atoms with Crippen LogP contribution in [-0.4, -0.2) is 11.5 Å². The zero-order valence-corrected chi connectivity index (χ0v) is 12.6. The number of aryl methyl sites for hydroxylation is 2. The van der Waals surface area contributed by atoms with Crippen LogP contribution in [0.5, 0.6) is 0 Å². The predicted octanol–water partition coefficient (Wildman–Crippen LogP) is 3.24. The van der Waals surface area contributed by atoms with Gasteiger partial charge in [0.05, 0.1) is 10.7 Å². The number of nitrogens with one attached hydrogen (secondary N) is 1. The Balaban J connectivity index is 1.87. The van der Waals surface area contributed by atoms with Crippen LogP contribution in [0.1, 0.15) is 34.1 Å². The number of hydrogen-bond donors (Lipinski definition) is 2. The highest BCUT2D eigenvalue weighted by atomic mass is 32.1. The molecule has 19 heavy (non-hydrogen) atoms. The largest absolute Gasteiger partial charge is 0.399 e. The van der Waals surface area contributed by atoms with Gasteiger partial charge in [-0.2, -0.15) is 0 Å². The molecule has 1 heterocycles. The summed E-state index contributed by atoms with van der Waals surface area (Å²) < 4.78 is 0. The summed E-state index contributed by atoms with van der Waals surface area (Å²) in [6.45, 7) is 7.27. The van der Waals surface area contributed by atoms with E-state index in [0.29, 0.717) is 6.04 Å². The van der Waals surface area contributed by atoms with Gasteiger partial charge in [0.1, 0.15) is 0 Å². The number of anilines is 1. The van der Waals surface area contributed by atoms with Crippen molar-refractivity contribution in [3.63, 3.8) is 0 Å². The monoisotopic (exact) mass is 275 g/mol. The summed E-state index contributed by atoms with van der Waals surface area (Å²) in [4.78, 5) is 5.81. The third-order valence-electron chi connectivity index (χ3n) is 3.15. The van der Waals surface area contributed by atoms with Crippen LogP contribution in [0.4, 0.5) is 5.69 Å². The standard InChI is InChI=1S/C15H21N3S/c1-10(15-11(2)18-12(3)19-15)17-8-7-13-5-4-6-14(16)9-13/h4-6,9-10,17H,7-8,16H2,1-3H3. The Kier molecular flexibility index (Phi) is 4.56. The maximum atomic E-state index is 5.78.